The van der Waals surface area contributed by atoms with Crippen LogP contribution in [0.25, 0.3) is 0 Å². The lowest BCUT2D eigenvalue weighted by atomic mass is 10.2. The average molecular weight is 415 g/mol. The maximum Gasteiger partial charge on any atom is 0.246 e. The fourth-order valence-electron chi connectivity index (χ4n) is 2.45. The van der Waals surface area contributed by atoms with Gasteiger partial charge in [-0.3, -0.25) is 4.79 Å². The Bertz CT molecular complexity index is 881. The fraction of sp³-hybridized carbons (Fsp3) is 0.278. The van der Waals surface area contributed by atoms with E-state index in [2.05, 4.69) is 5.32 Å². The van der Waals surface area contributed by atoms with Gasteiger partial charge in [0.05, 0.1) is 16.6 Å². The zero-order valence-electron chi connectivity index (χ0n) is 14.5. The molecule has 2 rings (SSSR count). The van der Waals surface area contributed by atoms with E-state index in [1.54, 1.807) is 18.2 Å². The summed E-state index contributed by atoms with van der Waals surface area (Å²) >= 11 is 12.1. The molecule has 1 amide bonds. The summed E-state index contributed by atoms with van der Waals surface area (Å²) in [5, 5.41) is 2.79. The number of hydrogen-bond donors (Lipinski definition) is 1. The maximum absolute atomic E-state index is 13.0. The molecule has 0 radical (unpaired) electrons. The van der Waals surface area contributed by atoms with Crippen molar-refractivity contribution in [2.24, 2.45) is 0 Å². The third kappa shape index (κ3) is 4.76. The lowest BCUT2D eigenvalue weighted by Crippen LogP contribution is -2.38. The van der Waals surface area contributed by atoms with Gasteiger partial charge in [-0.15, -0.1) is 0 Å². The minimum absolute atomic E-state index is 0.0258. The maximum atomic E-state index is 13.0. The highest BCUT2D eigenvalue weighted by Gasteiger charge is 2.30. The Balaban J connectivity index is 2.28. The van der Waals surface area contributed by atoms with Crippen LogP contribution >= 0.6 is 23.2 Å². The first-order chi connectivity index (χ1) is 12.3. The van der Waals surface area contributed by atoms with Crippen molar-refractivity contribution in [1.29, 1.82) is 0 Å². The van der Waals surface area contributed by atoms with Crippen molar-refractivity contribution in [1.82, 2.24) is 4.31 Å². The Hall–Kier alpha value is -1.60. The van der Waals surface area contributed by atoms with Crippen LogP contribution < -0.4 is 5.32 Å². The Morgan fingerprint density at radius 2 is 1.69 bits per heavy atom. The summed E-state index contributed by atoms with van der Waals surface area (Å²) in [6, 6.07) is 11.8. The second-order valence-electron chi connectivity index (χ2n) is 5.75. The number of nitrogens with one attached hydrogen (secondary N) is 1. The SMILES string of the molecule is CCCN(CC(=O)Nc1ccccc1C)S(=O)(=O)c1c(Cl)cccc1Cl. The van der Waals surface area contributed by atoms with E-state index in [1.165, 1.54) is 12.1 Å². The Morgan fingerprint density at radius 1 is 1.08 bits per heavy atom. The highest BCUT2D eigenvalue weighted by Crippen LogP contribution is 2.31. The lowest BCUT2D eigenvalue weighted by molar-refractivity contribution is -0.116. The molecule has 0 aliphatic carbocycles. The van der Waals surface area contributed by atoms with Gasteiger partial charge in [-0.25, -0.2) is 8.42 Å². The highest BCUT2D eigenvalue weighted by molar-refractivity contribution is 7.89. The van der Waals surface area contributed by atoms with Gasteiger partial charge >= 0.3 is 0 Å². The Morgan fingerprint density at radius 3 is 2.27 bits per heavy atom. The van der Waals surface area contributed by atoms with Crippen LogP contribution in [0.1, 0.15) is 18.9 Å². The van der Waals surface area contributed by atoms with E-state index in [0.29, 0.717) is 12.1 Å². The monoisotopic (exact) mass is 414 g/mol. The molecule has 0 saturated heterocycles. The number of hydrogen-bond acceptors (Lipinski definition) is 3. The van der Waals surface area contributed by atoms with Gasteiger partial charge in [0.15, 0.2) is 0 Å². The molecule has 0 aliphatic heterocycles. The number of amides is 1. The number of sulfonamides is 1. The van der Waals surface area contributed by atoms with Crippen molar-refractivity contribution in [2.45, 2.75) is 25.2 Å². The second kappa shape index (κ2) is 8.86. The molecule has 2 aromatic carbocycles. The standard InChI is InChI=1S/C18H20Cl2N2O3S/c1-3-11-22(12-17(23)21-16-10-5-4-7-13(16)2)26(24,25)18-14(19)8-6-9-15(18)20/h4-10H,3,11-12H2,1-2H3,(H,21,23). The van der Waals surface area contributed by atoms with Gasteiger partial charge in [-0.05, 0) is 37.1 Å². The average Bonchev–Trinajstić information content (AvgIpc) is 2.56. The van der Waals surface area contributed by atoms with Crippen LogP contribution in [0, 0.1) is 6.92 Å². The normalized spacial score (nSPS) is 11.6. The van der Waals surface area contributed by atoms with E-state index < -0.39 is 15.9 Å². The van der Waals surface area contributed by atoms with E-state index in [-0.39, 0.29) is 28.0 Å². The molecule has 0 heterocycles. The van der Waals surface area contributed by atoms with Gasteiger partial charge in [0.2, 0.25) is 15.9 Å². The molecule has 0 atom stereocenters. The fourth-order valence-corrected chi connectivity index (χ4v) is 5.03. The van der Waals surface area contributed by atoms with Crippen LogP contribution in [-0.2, 0) is 14.8 Å². The van der Waals surface area contributed by atoms with Crippen LogP contribution in [0.3, 0.4) is 0 Å². The van der Waals surface area contributed by atoms with Crippen molar-refractivity contribution in [3.05, 3.63) is 58.1 Å². The molecule has 0 bridgehead atoms. The Labute approximate surface area is 164 Å². The molecule has 5 nitrogen and oxygen atoms in total. The van der Waals surface area contributed by atoms with E-state index in [0.717, 1.165) is 9.87 Å². The molecule has 8 heteroatoms. The molecule has 0 aromatic heterocycles. The van der Waals surface area contributed by atoms with Gasteiger partial charge in [0, 0.05) is 12.2 Å². The number of rotatable bonds is 7. The lowest BCUT2D eigenvalue weighted by Gasteiger charge is -2.22. The Kier molecular flexibility index (Phi) is 7.06. The van der Waals surface area contributed by atoms with Gasteiger partial charge in [0.25, 0.3) is 0 Å². The topological polar surface area (TPSA) is 66.5 Å². The minimum atomic E-state index is -4.01. The summed E-state index contributed by atoms with van der Waals surface area (Å²) in [6.45, 7) is 3.53. The van der Waals surface area contributed by atoms with E-state index >= 15 is 0 Å². The van der Waals surface area contributed by atoms with Gasteiger partial charge < -0.3 is 5.32 Å². The third-order valence-corrected chi connectivity index (χ3v) is 6.53. The van der Waals surface area contributed by atoms with Crippen molar-refractivity contribution in [3.8, 4) is 0 Å². The van der Waals surface area contributed by atoms with Crippen molar-refractivity contribution < 1.29 is 13.2 Å². The smallest absolute Gasteiger partial charge is 0.246 e. The molecule has 2 aromatic rings. The third-order valence-electron chi connectivity index (χ3n) is 3.73. The largest absolute Gasteiger partial charge is 0.325 e. The number of halogens is 2. The van der Waals surface area contributed by atoms with Crippen LogP contribution in [0.4, 0.5) is 5.69 Å². The number of benzene rings is 2. The van der Waals surface area contributed by atoms with Gasteiger partial charge in [-0.1, -0.05) is 54.4 Å². The van der Waals surface area contributed by atoms with Gasteiger partial charge in [0.1, 0.15) is 4.90 Å². The molecular formula is C18H20Cl2N2O3S. The number of carbonyl (C=O) groups is 1. The highest BCUT2D eigenvalue weighted by atomic mass is 35.5. The molecule has 26 heavy (non-hydrogen) atoms. The number of carbonyl (C=O) groups excluding carboxylic acids is 1. The van der Waals surface area contributed by atoms with Gasteiger partial charge in [-0.2, -0.15) is 4.31 Å². The zero-order chi connectivity index (χ0) is 19.3. The first-order valence-corrected chi connectivity index (χ1v) is 10.3. The first kappa shape index (κ1) is 20.7. The van der Waals surface area contributed by atoms with Crippen molar-refractivity contribution >= 4 is 44.8 Å². The number of para-hydroxylation sites is 1. The van der Waals surface area contributed by atoms with Crippen LogP contribution in [0.15, 0.2) is 47.4 Å². The number of anilines is 1. The van der Waals surface area contributed by atoms with Crippen LogP contribution in [-0.4, -0.2) is 31.7 Å². The van der Waals surface area contributed by atoms with Crippen LogP contribution in [0.2, 0.25) is 10.0 Å². The molecule has 140 valence electrons. The predicted octanol–water partition coefficient (Wildman–Crippen LogP) is 4.34. The molecule has 0 spiro atoms. The number of aryl methyl sites for hydroxylation is 1. The molecule has 1 N–H and O–H groups in total. The summed E-state index contributed by atoms with van der Waals surface area (Å²) < 4.78 is 27.1. The summed E-state index contributed by atoms with van der Waals surface area (Å²) in [7, 11) is -4.01. The predicted molar refractivity (Wildman–Crippen MR) is 105 cm³/mol. The summed E-state index contributed by atoms with van der Waals surface area (Å²) in [5.41, 5.74) is 1.53. The van der Waals surface area contributed by atoms with Crippen molar-refractivity contribution in [3.63, 3.8) is 0 Å². The minimum Gasteiger partial charge on any atom is -0.325 e. The molecule has 0 fully saturated rings. The molecule has 0 saturated carbocycles. The summed E-state index contributed by atoms with van der Waals surface area (Å²) in [6.07, 6.45) is 0.541. The van der Waals surface area contributed by atoms with E-state index in [9.17, 15) is 13.2 Å². The first-order valence-electron chi connectivity index (χ1n) is 8.07. The molecular weight excluding hydrogens is 395 g/mol. The number of nitrogens with zero attached hydrogens (tertiary/aromatic N) is 1. The van der Waals surface area contributed by atoms with Crippen LogP contribution in [0.5, 0.6) is 0 Å². The summed E-state index contributed by atoms with van der Waals surface area (Å²) in [4.78, 5) is 12.2. The molecule has 0 unspecified atom stereocenters. The second-order valence-corrected chi connectivity index (χ2v) is 8.44. The van der Waals surface area contributed by atoms with E-state index in [4.69, 9.17) is 23.2 Å². The van der Waals surface area contributed by atoms with E-state index in [1.807, 2.05) is 26.0 Å². The van der Waals surface area contributed by atoms with Crippen molar-refractivity contribution in [2.75, 3.05) is 18.4 Å². The quantitative estimate of drug-likeness (QED) is 0.732. The summed E-state index contributed by atoms with van der Waals surface area (Å²) in [5.74, 6) is -0.431. The molecule has 0 aliphatic rings. The zero-order valence-corrected chi connectivity index (χ0v) is 16.8.